The molecule has 0 unspecified atom stereocenters. The number of aromatic amines is 1. The van der Waals surface area contributed by atoms with E-state index in [-0.39, 0.29) is 12.5 Å². The zero-order valence-electron chi connectivity index (χ0n) is 13.1. The van der Waals surface area contributed by atoms with Gasteiger partial charge in [-0.2, -0.15) is 0 Å². The lowest BCUT2D eigenvalue weighted by Gasteiger charge is -2.16. The fourth-order valence-corrected chi connectivity index (χ4v) is 3.07. The SMILES string of the molecule is C[C@@H]1CN(C(=O)Cn2c(=O)[nH]c3ccccc3c2=O)C[C@H]1C(=O)O. The van der Waals surface area contributed by atoms with Crippen molar-refractivity contribution in [3.8, 4) is 0 Å². The number of rotatable bonds is 3. The summed E-state index contributed by atoms with van der Waals surface area (Å²) in [4.78, 5) is 52.0. The Balaban J connectivity index is 1.88. The molecule has 3 rings (SSSR count). The number of nitrogens with zero attached hydrogens (tertiary/aromatic N) is 2. The van der Waals surface area contributed by atoms with Crippen LogP contribution in [-0.4, -0.2) is 44.5 Å². The molecule has 2 aromatic rings. The third-order valence-electron chi connectivity index (χ3n) is 4.46. The van der Waals surface area contributed by atoms with Gasteiger partial charge in [0.05, 0.1) is 16.8 Å². The zero-order valence-corrected chi connectivity index (χ0v) is 13.1. The van der Waals surface area contributed by atoms with E-state index < -0.39 is 35.6 Å². The molecular formula is C16H17N3O5. The van der Waals surface area contributed by atoms with E-state index in [4.69, 9.17) is 5.11 Å². The van der Waals surface area contributed by atoms with Gasteiger partial charge >= 0.3 is 11.7 Å². The summed E-state index contributed by atoms with van der Waals surface area (Å²) in [5, 5.41) is 9.45. The van der Waals surface area contributed by atoms with E-state index in [0.29, 0.717) is 17.4 Å². The molecule has 1 saturated heterocycles. The summed E-state index contributed by atoms with van der Waals surface area (Å²) in [6, 6.07) is 6.57. The maximum Gasteiger partial charge on any atom is 0.329 e. The predicted octanol–water partition coefficient (Wildman–Crippen LogP) is -0.131. The van der Waals surface area contributed by atoms with Crippen molar-refractivity contribution < 1.29 is 14.7 Å². The van der Waals surface area contributed by atoms with Crippen molar-refractivity contribution in [2.75, 3.05) is 13.1 Å². The number of hydrogen-bond acceptors (Lipinski definition) is 4. The molecule has 0 saturated carbocycles. The number of likely N-dealkylation sites (tertiary alicyclic amines) is 1. The molecule has 1 aliphatic rings. The quantitative estimate of drug-likeness (QED) is 0.813. The van der Waals surface area contributed by atoms with Crippen LogP contribution in [0, 0.1) is 11.8 Å². The second-order valence-corrected chi connectivity index (χ2v) is 6.09. The van der Waals surface area contributed by atoms with Gasteiger partial charge in [0.2, 0.25) is 5.91 Å². The van der Waals surface area contributed by atoms with E-state index in [2.05, 4.69) is 4.98 Å². The fraction of sp³-hybridized carbons (Fsp3) is 0.375. The molecule has 8 nitrogen and oxygen atoms in total. The first-order valence-corrected chi connectivity index (χ1v) is 7.61. The average molecular weight is 331 g/mol. The van der Waals surface area contributed by atoms with E-state index in [1.807, 2.05) is 0 Å². The first-order valence-electron chi connectivity index (χ1n) is 7.61. The van der Waals surface area contributed by atoms with Gasteiger partial charge in [0.15, 0.2) is 0 Å². The van der Waals surface area contributed by atoms with Gasteiger partial charge in [-0.15, -0.1) is 0 Å². The van der Waals surface area contributed by atoms with Gasteiger partial charge in [-0.25, -0.2) is 4.79 Å². The summed E-state index contributed by atoms with van der Waals surface area (Å²) in [5.74, 6) is -2.18. The Kier molecular flexibility index (Phi) is 3.96. The molecule has 24 heavy (non-hydrogen) atoms. The van der Waals surface area contributed by atoms with E-state index in [1.54, 1.807) is 31.2 Å². The van der Waals surface area contributed by atoms with Gasteiger partial charge < -0.3 is 15.0 Å². The highest BCUT2D eigenvalue weighted by Gasteiger charge is 2.37. The summed E-state index contributed by atoms with van der Waals surface area (Å²) in [7, 11) is 0. The number of carboxylic acid groups (broad SMARTS) is 1. The molecule has 0 spiro atoms. The number of hydrogen-bond donors (Lipinski definition) is 2. The molecular weight excluding hydrogens is 314 g/mol. The monoisotopic (exact) mass is 331 g/mol. The minimum absolute atomic E-state index is 0.0928. The van der Waals surface area contributed by atoms with Crippen molar-refractivity contribution in [3.63, 3.8) is 0 Å². The molecule has 1 aliphatic heterocycles. The molecule has 2 atom stereocenters. The maximum atomic E-state index is 12.4. The van der Waals surface area contributed by atoms with Crippen molar-refractivity contribution in [2.24, 2.45) is 11.8 Å². The largest absolute Gasteiger partial charge is 0.481 e. The van der Waals surface area contributed by atoms with Crippen LogP contribution in [0.1, 0.15) is 6.92 Å². The molecule has 2 N–H and O–H groups in total. The molecule has 1 amide bonds. The average Bonchev–Trinajstić information content (AvgIpc) is 2.93. The molecule has 126 valence electrons. The number of carbonyl (C=O) groups is 2. The number of fused-ring (bicyclic) bond motifs is 1. The lowest BCUT2D eigenvalue weighted by Crippen LogP contribution is -2.41. The zero-order chi connectivity index (χ0) is 17.4. The summed E-state index contributed by atoms with van der Waals surface area (Å²) in [6.07, 6.45) is 0. The van der Waals surface area contributed by atoms with E-state index in [9.17, 15) is 19.2 Å². The summed E-state index contributed by atoms with van der Waals surface area (Å²) in [5.41, 5.74) is -0.782. The molecule has 1 fully saturated rings. The number of H-pyrrole nitrogens is 1. The minimum Gasteiger partial charge on any atom is -0.481 e. The van der Waals surface area contributed by atoms with Crippen LogP contribution in [0.5, 0.6) is 0 Å². The number of para-hydroxylation sites is 1. The number of amides is 1. The molecule has 0 radical (unpaired) electrons. The van der Waals surface area contributed by atoms with Crippen molar-refractivity contribution >= 4 is 22.8 Å². The van der Waals surface area contributed by atoms with Gasteiger partial charge in [-0.05, 0) is 18.1 Å². The molecule has 0 aliphatic carbocycles. The molecule has 1 aromatic carbocycles. The van der Waals surface area contributed by atoms with Crippen LogP contribution >= 0.6 is 0 Å². The van der Waals surface area contributed by atoms with Crippen LogP contribution in [0.4, 0.5) is 0 Å². The summed E-state index contributed by atoms with van der Waals surface area (Å²) >= 11 is 0. The minimum atomic E-state index is -0.946. The van der Waals surface area contributed by atoms with Gasteiger partial charge in [0.25, 0.3) is 5.56 Å². The smallest absolute Gasteiger partial charge is 0.329 e. The Morgan fingerprint density at radius 3 is 2.62 bits per heavy atom. The highest BCUT2D eigenvalue weighted by Crippen LogP contribution is 2.23. The lowest BCUT2D eigenvalue weighted by molar-refractivity contribution is -0.142. The Morgan fingerprint density at radius 1 is 1.25 bits per heavy atom. The third-order valence-corrected chi connectivity index (χ3v) is 4.46. The van der Waals surface area contributed by atoms with E-state index >= 15 is 0 Å². The molecule has 0 bridgehead atoms. The highest BCUT2D eigenvalue weighted by atomic mass is 16.4. The van der Waals surface area contributed by atoms with Crippen LogP contribution in [0.15, 0.2) is 33.9 Å². The number of carbonyl (C=O) groups excluding carboxylic acids is 1. The summed E-state index contributed by atoms with van der Waals surface area (Å²) < 4.78 is 0.851. The normalized spacial score (nSPS) is 20.5. The standard InChI is InChI=1S/C16H17N3O5/c1-9-6-18(7-11(9)15(22)23)13(20)8-19-14(21)10-4-2-3-5-12(10)17-16(19)24/h2-5,9,11H,6-8H2,1H3,(H,17,24)(H,22,23)/t9-,11-/m1/s1. The van der Waals surface area contributed by atoms with Crippen LogP contribution < -0.4 is 11.2 Å². The second-order valence-electron chi connectivity index (χ2n) is 6.09. The van der Waals surface area contributed by atoms with E-state index in [0.717, 1.165) is 4.57 Å². The highest BCUT2D eigenvalue weighted by molar-refractivity contribution is 5.80. The van der Waals surface area contributed by atoms with Crippen molar-refractivity contribution in [3.05, 3.63) is 45.1 Å². The van der Waals surface area contributed by atoms with Crippen molar-refractivity contribution in [2.45, 2.75) is 13.5 Å². The number of carboxylic acids is 1. The van der Waals surface area contributed by atoms with Crippen molar-refractivity contribution in [1.82, 2.24) is 14.5 Å². The Bertz CT molecular complexity index is 929. The molecule has 8 heteroatoms. The topological polar surface area (TPSA) is 112 Å². The van der Waals surface area contributed by atoms with Gasteiger partial charge in [-0.3, -0.25) is 19.0 Å². The molecule has 2 heterocycles. The van der Waals surface area contributed by atoms with Gasteiger partial charge in [0, 0.05) is 13.1 Å². The maximum absolute atomic E-state index is 12.4. The van der Waals surface area contributed by atoms with Gasteiger partial charge in [0.1, 0.15) is 6.54 Å². The number of benzene rings is 1. The number of aromatic nitrogens is 2. The Labute approximate surface area is 136 Å². The Morgan fingerprint density at radius 2 is 1.96 bits per heavy atom. The fourth-order valence-electron chi connectivity index (χ4n) is 3.07. The second kappa shape index (κ2) is 5.95. The van der Waals surface area contributed by atoms with Crippen molar-refractivity contribution in [1.29, 1.82) is 0 Å². The first-order chi connectivity index (χ1) is 11.4. The number of nitrogens with one attached hydrogen (secondary N) is 1. The Hall–Kier alpha value is -2.90. The summed E-state index contributed by atoms with van der Waals surface area (Å²) in [6.45, 7) is 1.75. The van der Waals surface area contributed by atoms with Crippen LogP contribution in [0.25, 0.3) is 10.9 Å². The van der Waals surface area contributed by atoms with Gasteiger partial charge in [-0.1, -0.05) is 19.1 Å². The van der Waals surface area contributed by atoms with E-state index in [1.165, 1.54) is 4.90 Å². The van der Waals surface area contributed by atoms with Crippen LogP contribution in [0.2, 0.25) is 0 Å². The predicted molar refractivity (Wildman–Crippen MR) is 85.7 cm³/mol. The third kappa shape index (κ3) is 2.70. The number of aliphatic carboxylic acids is 1. The lowest BCUT2D eigenvalue weighted by atomic mass is 9.99. The molecule has 1 aromatic heterocycles. The van der Waals surface area contributed by atoms with Crippen LogP contribution in [-0.2, 0) is 16.1 Å². The first kappa shape index (κ1) is 16.0. The van der Waals surface area contributed by atoms with Crippen LogP contribution in [0.3, 0.4) is 0 Å².